The Balaban J connectivity index is 1.76. The van der Waals surface area contributed by atoms with Crippen LogP contribution >= 0.6 is 0 Å². The lowest BCUT2D eigenvalue weighted by atomic mass is 10.1. The van der Waals surface area contributed by atoms with Gasteiger partial charge in [-0.2, -0.15) is 4.31 Å². The van der Waals surface area contributed by atoms with E-state index in [2.05, 4.69) is 4.90 Å². The number of hydrogen-bond acceptors (Lipinski definition) is 3. The first-order chi connectivity index (χ1) is 9.95. The molecule has 4 nitrogen and oxygen atoms in total. The molecule has 2 fully saturated rings. The Hall–Kier alpha value is -0.980. The van der Waals surface area contributed by atoms with Crippen LogP contribution in [0.15, 0.2) is 24.3 Å². The Bertz CT molecular complexity index is 603. The molecule has 0 saturated carbocycles. The van der Waals surface area contributed by atoms with Crippen LogP contribution < -0.4 is 0 Å². The molecule has 0 amide bonds. The van der Waals surface area contributed by atoms with Gasteiger partial charge in [0.1, 0.15) is 5.82 Å². The number of rotatable bonds is 3. The van der Waals surface area contributed by atoms with Gasteiger partial charge in [-0.15, -0.1) is 0 Å². The van der Waals surface area contributed by atoms with Crippen molar-refractivity contribution in [1.82, 2.24) is 9.21 Å². The first-order valence-corrected chi connectivity index (χ1v) is 9.04. The molecular weight excluding hydrogens is 291 g/mol. The predicted octanol–water partition coefficient (Wildman–Crippen LogP) is 1.82. The van der Waals surface area contributed by atoms with Gasteiger partial charge in [-0.1, -0.05) is 12.1 Å². The molecule has 21 heavy (non-hydrogen) atoms. The number of hydrogen-bond donors (Lipinski definition) is 0. The minimum absolute atomic E-state index is 0.00444. The van der Waals surface area contributed by atoms with Gasteiger partial charge in [-0.3, -0.25) is 4.90 Å². The Morgan fingerprint density at radius 1 is 1.24 bits per heavy atom. The second kappa shape index (κ2) is 5.66. The third-order valence-electron chi connectivity index (χ3n) is 4.50. The van der Waals surface area contributed by atoms with Crippen molar-refractivity contribution in [3.63, 3.8) is 0 Å². The van der Waals surface area contributed by atoms with E-state index in [1.807, 2.05) is 6.92 Å². The molecule has 2 aliphatic heterocycles. The normalized spacial score (nSPS) is 27.7. The van der Waals surface area contributed by atoms with Gasteiger partial charge < -0.3 is 0 Å². The third kappa shape index (κ3) is 3.12. The van der Waals surface area contributed by atoms with Crippen LogP contribution in [0.5, 0.6) is 0 Å². The summed E-state index contributed by atoms with van der Waals surface area (Å²) in [6, 6.07) is 6.08. The molecule has 0 aromatic heterocycles. The zero-order valence-corrected chi connectivity index (χ0v) is 13.0. The highest BCUT2D eigenvalue weighted by Gasteiger charge is 2.39. The van der Waals surface area contributed by atoms with E-state index in [0.717, 1.165) is 25.9 Å². The van der Waals surface area contributed by atoms with Crippen molar-refractivity contribution in [1.29, 1.82) is 0 Å². The molecule has 2 saturated heterocycles. The largest absolute Gasteiger partial charge is 0.297 e. The van der Waals surface area contributed by atoms with Crippen molar-refractivity contribution in [2.45, 2.75) is 37.6 Å². The maximum Gasteiger partial charge on any atom is 0.218 e. The Labute approximate surface area is 125 Å². The molecule has 0 bridgehead atoms. The SMILES string of the molecule is C[C@@H]1CN2CCC[C@@H]2CN1S(=O)(=O)Cc1ccc(F)cc1. The summed E-state index contributed by atoms with van der Waals surface area (Å²) >= 11 is 0. The highest BCUT2D eigenvalue weighted by Crippen LogP contribution is 2.27. The molecule has 0 spiro atoms. The van der Waals surface area contributed by atoms with E-state index < -0.39 is 10.0 Å². The Morgan fingerprint density at radius 2 is 1.95 bits per heavy atom. The van der Waals surface area contributed by atoms with E-state index >= 15 is 0 Å². The molecule has 3 rings (SSSR count). The monoisotopic (exact) mass is 312 g/mol. The van der Waals surface area contributed by atoms with Crippen molar-refractivity contribution in [2.75, 3.05) is 19.6 Å². The van der Waals surface area contributed by atoms with Crippen molar-refractivity contribution in [2.24, 2.45) is 0 Å². The summed E-state index contributed by atoms with van der Waals surface area (Å²) in [5.41, 5.74) is 0.637. The summed E-state index contributed by atoms with van der Waals surface area (Å²) in [4.78, 5) is 2.40. The van der Waals surface area contributed by atoms with Crippen LogP contribution in [-0.4, -0.2) is 49.3 Å². The minimum atomic E-state index is -3.35. The van der Waals surface area contributed by atoms with Gasteiger partial charge in [-0.25, -0.2) is 12.8 Å². The number of piperazine rings is 1. The average molecular weight is 312 g/mol. The van der Waals surface area contributed by atoms with Gasteiger partial charge in [0, 0.05) is 25.2 Å². The highest BCUT2D eigenvalue weighted by atomic mass is 32.2. The van der Waals surface area contributed by atoms with E-state index in [1.54, 1.807) is 16.4 Å². The summed E-state index contributed by atoms with van der Waals surface area (Å²) in [7, 11) is -3.35. The molecule has 0 unspecified atom stereocenters. The molecule has 1 aromatic rings. The second-order valence-corrected chi connectivity index (χ2v) is 8.01. The van der Waals surface area contributed by atoms with Gasteiger partial charge in [0.25, 0.3) is 0 Å². The standard InChI is InChI=1S/C15H21FN2O2S/c1-12-9-17-8-2-3-15(17)10-18(12)21(19,20)11-13-4-6-14(16)7-5-13/h4-7,12,15H,2-3,8-11H2,1H3/t12-,15-/m1/s1. The summed E-state index contributed by atoms with van der Waals surface area (Å²) in [5.74, 6) is -0.395. The molecule has 0 N–H and O–H groups in total. The molecule has 6 heteroatoms. The Kier molecular flexibility index (Phi) is 4.03. The fraction of sp³-hybridized carbons (Fsp3) is 0.600. The van der Waals surface area contributed by atoms with E-state index in [9.17, 15) is 12.8 Å². The molecule has 0 radical (unpaired) electrons. The van der Waals surface area contributed by atoms with Crippen molar-refractivity contribution >= 4 is 10.0 Å². The lowest BCUT2D eigenvalue weighted by Crippen LogP contribution is -2.56. The topological polar surface area (TPSA) is 40.6 Å². The van der Waals surface area contributed by atoms with Gasteiger partial charge in [0.2, 0.25) is 10.0 Å². The van der Waals surface area contributed by atoms with E-state index in [1.165, 1.54) is 12.1 Å². The van der Waals surface area contributed by atoms with Crippen LogP contribution in [0.1, 0.15) is 25.3 Å². The first-order valence-electron chi connectivity index (χ1n) is 7.44. The zero-order chi connectivity index (χ0) is 15.0. The molecule has 1 aromatic carbocycles. The third-order valence-corrected chi connectivity index (χ3v) is 6.42. The molecule has 2 aliphatic rings. The molecule has 116 valence electrons. The fourth-order valence-corrected chi connectivity index (χ4v) is 5.22. The molecule has 0 aliphatic carbocycles. The maximum absolute atomic E-state index is 12.9. The van der Waals surface area contributed by atoms with Gasteiger partial charge >= 0.3 is 0 Å². The summed E-state index contributed by atoms with van der Waals surface area (Å²) in [5, 5.41) is 0. The minimum Gasteiger partial charge on any atom is -0.297 e. The lowest BCUT2D eigenvalue weighted by Gasteiger charge is -2.41. The number of fused-ring (bicyclic) bond motifs is 1. The average Bonchev–Trinajstić information content (AvgIpc) is 2.87. The van der Waals surface area contributed by atoms with E-state index in [4.69, 9.17) is 0 Å². The van der Waals surface area contributed by atoms with Crippen LogP contribution in [0.2, 0.25) is 0 Å². The number of sulfonamides is 1. The van der Waals surface area contributed by atoms with Crippen LogP contribution in [-0.2, 0) is 15.8 Å². The fourth-order valence-electron chi connectivity index (χ4n) is 3.42. The lowest BCUT2D eigenvalue weighted by molar-refractivity contribution is 0.117. The quantitative estimate of drug-likeness (QED) is 0.855. The summed E-state index contributed by atoms with van der Waals surface area (Å²) < 4.78 is 39.9. The van der Waals surface area contributed by atoms with E-state index in [0.29, 0.717) is 18.2 Å². The first kappa shape index (κ1) is 14.9. The van der Waals surface area contributed by atoms with Crippen LogP contribution in [0.4, 0.5) is 4.39 Å². The second-order valence-electron chi connectivity index (χ2n) is 6.09. The number of halogens is 1. The zero-order valence-electron chi connectivity index (χ0n) is 12.2. The Morgan fingerprint density at radius 3 is 2.67 bits per heavy atom. The van der Waals surface area contributed by atoms with Crippen LogP contribution in [0.3, 0.4) is 0 Å². The van der Waals surface area contributed by atoms with Crippen LogP contribution in [0.25, 0.3) is 0 Å². The smallest absolute Gasteiger partial charge is 0.218 e. The van der Waals surface area contributed by atoms with E-state index in [-0.39, 0.29) is 17.6 Å². The van der Waals surface area contributed by atoms with Crippen molar-refractivity contribution in [3.8, 4) is 0 Å². The number of benzene rings is 1. The summed E-state index contributed by atoms with van der Waals surface area (Å²) in [6.07, 6.45) is 2.23. The van der Waals surface area contributed by atoms with Crippen molar-refractivity contribution in [3.05, 3.63) is 35.6 Å². The van der Waals surface area contributed by atoms with Gasteiger partial charge in [0.05, 0.1) is 5.75 Å². The summed E-state index contributed by atoms with van der Waals surface area (Å²) in [6.45, 7) is 4.45. The molecule has 2 heterocycles. The maximum atomic E-state index is 12.9. The van der Waals surface area contributed by atoms with Crippen LogP contribution in [0, 0.1) is 5.82 Å². The number of nitrogens with zero attached hydrogens (tertiary/aromatic N) is 2. The molecule has 2 atom stereocenters. The van der Waals surface area contributed by atoms with Crippen molar-refractivity contribution < 1.29 is 12.8 Å². The van der Waals surface area contributed by atoms with Gasteiger partial charge in [0.15, 0.2) is 0 Å². The molecular formula is C15H21FN2O2S. The highest BCUT2D eigenvalue weighted by molar-refractivity contribution is 7.88. The van der Waals surface area contributed by atoms with Gasteiger partial charge in [-0.05, 0) is 44.0 Å². The predicted molar refractivity (Wildman–Crippen MR) is 79.8 cm³/mol.